The molecule has 0 fully saturated rings. The van der Waals surface area contributed by atoms with Gasteiger partial charge in [0.2, 0.25) is 5.82 Å². The van der Waals surface area contributed by atoms with Crippen LogP contribution in [0.4, 0.5) is 0 Å². The van der Waals surface area contributed by atoms with E-state index in [-0.39, 0.29) is 10.3 Å². The molecule has 0 spiro atoms. The van der Waals surface area contributed by atoms with Gasteiger partial charge in [0.15, 0.2) is 5.82 Å². The lowest BCUT2D eigenvalue weighted by Crippen LogP contribution is -1.95. The minimum atomic E-state index is 0.234. The molecule has 0 bridgehead atoms. The molecule has 0 saturated carbocycles. The van der Waals surface area contributed by atoms with Gasteiger partial charge >= 0.3 is 0 Å². The number of hydrogen-bond donors (Lipinski definition) is 0. The average Bonchev–Trinajstić information content (AvgIpc) is 2.26. The van der Waals surface area contributed by atoms with Gasteiger partial charge in [-0.25, -0.2) is 19.9 Å². The van der Waals surface area contributed by atoms with Gasteiger partial charge in [-0.05, 0) is 22.0 Å². The van der Waals surface area contributed by atoms with Crippen LogP contribution in [0.1, 0.15) is 0 Å². The maximum absolute atomic E-state index is 5.83. The molecule has 2 aromatic rings. The molecule has 0 aliphatic rings. The van der Waals surface area contributed by atoms with E-state index in [1.165, 1.54) is 0 Å². The Labute approximate surface area is 104 Å². The lowest BCUT2D eigenvalue weighted by molar-refractivity contribution is 1.07. The van der Waals surface area contributed by atoms with Crippen LogP contribution in [-0.4, -0.2) is 19.9 Å². The van der Waals surface area contributed by atoms with Gasteiger partial charge in [-0.3, -0.25) is 0 Å². The highest BCUT2D eigenvalue weighted by Gasteiger charge is 2.11. The van der Waals surface area contributed by atoms with Crippen LogP contribution >= 0.6 is 39.1 Å². The monoisotopic (exact) mass is 304 g/mol. The quantitative estimate of drug-likeness (QED) is 0.760. The molecule has 15 heavy (non-hydrogen) atoms. The molecule has 0 atom stereocenters. The van der Waals surface area contributed by atoms with Crippen molar-refractivity contribution < 1.29 is 0 Å². The zero-order chi connectivity index (χ0) is 10.8. The van der Waals surface area contributed by atoms with Gasteiger partial charge in [-0.15, -0.1) is 0 Å². The molecule has 7 heteroatoms. The van der Waals surface area contributed by atoms with E-state index in [4.69, 9.17) is 23.2 Å². The SMILES string of the molecule is Clc1nc(-c2ncccn2)nc(Cl)c1Br. The van der Waals surface area contributed by atoms with E-state index in [1.54, 1.807) is 18.5 Å². The van der Waals surface area contributed by atoms with Gasteiger partial charge in [0.05, 0.1) is 4.47 Å². The average molecular weight is 306 g/mol. The molecule has 0 saturated heterocycles. The van der Waals surface area contributed by atoms with Crippen molar-refractivity contribution in [3.8, 4) is 11.6 Å². The maximum Gasteiger partial charge on any atom is 0.200 e. The Balaban J connectivity index is 2.56. The topological polar surface area (TPSA) is 51.6 Å². The highest BCUT2D eigenvalue weighted by Crippen LogP contribution is 2.28. The molecule has 2 rings (SSSR count). The van der Waals surface area contributed by atoms with Crippen LogP contribution in [0.2, 0.25) is 10.3 Å². The highest BCUT2D eigenvalue weighted by molar-refractivity contribution is 9.10. The minimum absolute atomic E-state index is 0.234. The van der Waals surface area contributed by atoms with Gasteiger partial charge in [0.25, 0.3) is 0 Å². The summed E-state index contributed by atoms with van der Waals surface area (Å²) in [6.45, 7) is 0. The van der Waals surface area contributed by atoms with Crippen LogP contribution in [0.5, 0.6) is 0 Å². The van der Waals surface area contributed by atoms with E-state index < -0.39 is 0 Å². The molecule has 0 aliphatic heterocycles. The molecule has 2 heterocycles. The third kappa shape index (κ3) is 2.25. The lowest BCUT2D eigenvalue weighted by Gasteiger charge is -2.01. The Morgan fingerprint density at radius 3 is 2.00 bits per heavy atom. The molecule has 2 aromatic heterocycles. The van der Waals surface area contributed by atoms with Crippen molar-refractivity contribution in [2.75, 3.05) is 0 Å². The van der Waals surface area contributed by atoms with Crippen molar-refractivity contribution in [2.24, 2.45) is 0 Å². The fraction of sp³-hybridized carbons (Fsp3) is 0. The van der Waals surface area contributed by atoms with E-state index in [2.05, 4.69) is 35.9 Å². The predicted octanol–water partition coefficient (Wildman–Crippen LogP) is 3.00. The Morgan fingerprint density at radius 2 is 1.47 bits per heavy atom. The van der Waals surface area contributed by atoms with Gasteiger partial charge in [0.1, 0.15) is 10.3 Å². The standard InChI is InChI=1S/C8H3BrCl2N4/c9-4-5(10)14-8(15-6(4)11)7-12-2-1-3-13-7/h1-3H. The number of aromatic nitrogens is 4. The zero-order valence-electron chi connectivity index (χ0n) is 7.15. The van der Waals surface area contributed by atoms with Gasteiger partial charge in [-0.1, -0.05) is 23.2 Å². The predicted molar refractivity (Wildman–Crippen MR) is 60.8 cm³/mol. The van der Waals surface area contributed by atoms with Crippen LogP contribution in [0, 0.1) is 0 Å². The van der Waals surface area contributed by atoms with E-state index >= 15 is 0 Å². The van der Waals surface area contributed by atoms with Crippen molar-refractivity contribution in [1.29, 1.82) is 0 Å². The lowest BCUT2D eigenvalue weighted by atomic mass is 10.5. The largest absolute Gasteiger partial charge is 0.234 e. The molecule has 0 aliphatic carbocycles. The summed E-state index contributed by atoms with van der Waals surface area (Å²) >= 11 is 14.8. The second-order valence-corrected chi connectivity index (χ2v) is 4.02. The summed E-state index contributed by atoms with van der Waals surface area (Å²) in [6, 6.07) is 1.70. The van der Waals surface area contributed by atoms with Crippen molar-refractivity contribution in [2.45, 2.75) is 0 Å². The summed E-state index contributed by atoms with van der Waals surface area (Å²) in [7, 11) is 0. The van der Waals surface area contributed by atoms with Crippen molar-refractivity contribution in [1.82, 2.24) is 19.9 Å². The van der Waals surface area contributed by atoms with Crippen molar-refractivity contribution in [3.63, 3.8) is 0 Å². The van der Waals surface area contributed by atoms with Crippen molar-refractivity contribution in [3.05, 3.63) is 33.2 Å². The summed E-state index contributed by atoms with van der Waals surface area (Å²) in [4.78, 5) is 16.0. The van der Waals surface area contributed by atoms with E-state index in [0.717, 1.165) is 0 Å². The fourth-order valence-electron chi connectivity index (χ4n) is 0.909. The van der Waals surface area contributed by atoms with E-state index in [9.17, 15) is 0 Å². The summed E-state index contributed by atoms with van der Waals surface area (Å²) < 4.78 is 0.463. The second kappa shape index (κ2) is 4.38. The van der Waals surface area contributed by atoms with E-state index in [1.807, 2.05) is 0 Å². The first-order chi connectivity index (χ1) is 7.18. The summed E-state index contributed by atoms with van der Waals surface area (Å²) in [5.41, 5.74) is 0. The highest BCUT2D eigenvalue weighted by atomic mass is 79.9. The number of nitrogens with zero attached hydrogens (tertiary/aromatic N) is 4. The zero-order valence-corrected chi connectivity index (χ0v) is 10.3. The molecule has 4 nitrogen and oxygen atoms in total. The first-order valence-corrected chi connectivity index (χ1v) is 5.39. The molecule has 0 amide bonds. The third-order valence-corrected chi connectivity index (χ3v) is 3.29. The first-order valence-electron chi connectivity index (χ1n) is 3.84. The maximum atomic E-state index is 5.83. The molecule has 0 aromatic carbocycles. The Bertz CT molecular complexity index is 468. The van der Waals surface area contributed by atoms with Crippen molar-refractivity contribution >= 4 is 39.1 Å². The van der Waals surface area contributed by atoms with E-state index in [0.29, 0.717) is 16.1 Å². The molecule has 0 N–H and O–H groups in total. The first kappa shape index (κ1) is 10.7. The third-order valence-electron chi connectivity index (χ3n) is 1.54. The Morgan fingerprint density at radius 1 is 0.933 bits per heavy atom. The number of rotatable bonds is 1. The van der Waals surface area contributed by atoms with Gasteiger partial charge in [0, 0.05) is 12.4 Å². The minimum Gasteiger partial charge on any atom is -0.234 e. The molecular formula is C8H3BrCl2N4. The van der Waals surface area contributed by atoms with Crippen LogP contribution in [0.3, 0.4) is 0 Å². The smallest absolute Gasteiger partial charge is 0.200 e. The molecule has 0 unspecified atom stereocenters. The summed E-state index contributed by atoms with van der Waals surface area (Å²) in [5.74, 6) is 0.683. The molecule has 0 radical (unpaired) electrons. The van der Waals surface area contributed by atoms with Crippen LogP contribution in [0.15, 0.2) is 22.9 Å². The fourth-order valence-corrected chi connectivity index (χ4v) is 1.47. The summed E-state index contributed by atoms with van der Waals surface area (Å²) in [5, 5.41) is 0.468. The van der Waals surface area contributed by atoms with Gasteiger partial charge in [-0.2, -0.15) is 0 Å². The normalized spacial score (nSPS) is 10.3. The van der Waals surface area contributed by atoms with Crippen LogP contribution in [0.25, 0.3) is 11.6 Å². The van der Waals surface area contributed by atoms with Crippen LogP contribution in [-0.2, 0) is 0 Å². The van der Waals surface area contributed by atoms with Crippen LogP contribution < -0.4 is 0 Å². The Kier molecular flexibility index (Phi) is 3.14. The number of hydrogen-bond acceptors (Lipinski definition) is 4. The molecular weight excluding hydrogens is 303 g/mol. The van der Waals surface area contributed by atoms with Gasteiger partial charge < -0.3 is 0 Å². The second-order valence-electron chi connectivity index (χ2n) is 2.52. The summed E-state index contributed by atoms with van der Waals surface area (Å²) in [6.07, 6.45) is 3.19. The number of halogens is 3. The molecule has 76 valence electrons. The Hall–Kier alpha value is -0.780.